The molecule has 0 heterocycles. The number of aliphatic imine (C=N–C) groups is 2. The molecule has 0 rings (SSSR count). The van der Waals surface area contributed by atoms with Gasteiger partial charge < -0.3 is 31.6 Å². The van der Waals surface area contributed by atoms with Crippen molar-refractivity contribution in [2.45, 2.75) is 27.7 Å². The van der Waals surface area contributed by atoms with Gasteiger partial charge >= 0.3 is 34.1 Å². The first-order valence-electron chi connectivity index (χ1n) is 6.06. The first kappa shape index (κ1) is 38.6. The maximum atomic E-state index is 8.36. The number of hydrogen-bond acceptors (Lipinski definition) is 8. The first-order valence-corrected chi connectivity index (χ1v) is 6.06. The number of nitrogens with zero attached hydrogens (tertiary/aromatic N) is 4. The smallest absolute Gasteiger partial charge is 0.457 e. The fourth-order valence-corrected chi connectivity index (χ4v) is 0.809. The van der Waals surface area contributed by atoms with Crippen LogP contribution in [-0.4, -0.2) is 69.8 Å². The van der Waals surface area contributed by atoms with Crippen LogP contribution in [0.2, 0.25) is 0 Å². The topological polar surface area (TPSA) is 196 Å². The molecule has 0 aliphatic carbocycles. The second kappa shape index (κ2) is 27.0. The maximum absolute atomic E-state index is 8.36. The molecule has 12 heteroatoms. The van der Waals surface area contributed by atoms with Gasteiger partial charge in [-0.15, -0.1) is 0 Å². The summed E-state index contributed by atoms with van der Waals surface area (Å²) in [5, 5.41) is 39.1. The minimum atomic E-state index is 0. The van der Waals surface area contributed by atoms with Gasteiger partial charge in [0, 0.05) is 0 Å². The van der Waals surface area contributed by atoms with E-state index in [9.17, 15) is 0 Å². The van der Waals surface area contributed by atoms with Gasteiger partial charge in [-0.3, -0.25) is 9.98 Å². The summed E-state index contributed by atoms with van der Waals surface area (Å²) in [5.41, 5.74) is 2.26. The molecule has 10 nitrogen and oxygen atoms in total. The normalized spacial score (nSPS) is 11.6. The molecule has 152 valence electrons. The second-order valence-electron chi connectivity index (χ2n) is 3.75. The molecular weight excluding hydrogens is 423 g/mol. The average molecular weight is 453 g/mol. The van der Waals surface area contributed by atoms with Gasteiger partial charge in [0.15, 0.2) is 0 Å². The van der Waals surface area contributed by atoms with Crippen molar-refractivity contribution in [3.8, 4) is 0 Å². The molecule has 0 aromatic heterocycles. The van der Waals surface area contributed by atoms with Crippen LogP contribution in [0.1, 0.15) is 27.7 Å². The summed E-state index contributed by atoms with van der Waals surface area (Å²) in [6.07, 6.45) is 0. The largest absolute Gasteiger partial charge is 1.00 e. The summed E-state index contributed by atoms with van der Waals surface area (Å²) < 4.78 is 0. The number of oxime groups is 2. The van der Waals surface area contributed by atoms with Crippen LogP contribution in [0.3, 0.4) is 0 Å². The zero-order chi connectivity index (χ0) is 16.0. The molecular formula is C12H30Cu2N4O6+4. The molecule has 0 aliphatic rings. The van der Waals surface area contributed by atoms with Crippen LogP contribution in [0.15, 0.2) is 20.3 Å². The zero-order valence-electron chi connectivity index (χ0n) is 14.2. The van der Waals surface area contributed by atoms with E-state index >= 15 is 0 Å². The molecule has 24 heavy (non-hydrogen) atoms. The Balaban J connectivity index is -0.0000000579. The quantitative estimate of drug-likeness (QED) is 0.128. The van der Waals surface area contributed by atoms with E-state index in [4.69, 9.17) is 20.6 Å². The standard InChI is InChI=1S/2C6H12N2O2.2Cu.2H2O/c2*1-5(6(2)8-10)7-3-4-9;;;;/h2*9-10H,3-4H2,1-2H3;;;2*1H2/q;;2*+1;;/p+2. The van der Waals surface area contributed by atoms with E-state index in [0.717, 1.165) is 0 Å². The van der Waals surface area contributed by atoms with Crippen LogP contribution < -0.4 is 0 Å². The van der Waals surface area contributed by atoms with E-state index in [1.54, 1.807) is 27.7 Å². The van der Waals surface area contributed by atoms with Crippen molar-refractivity contribution in [1.82, 2.24) is 0 Å². The third kappa shape index (κ3) is 23.4. The minimum absolute atomic E-state index is 0. The van der Waals surface area contributed by atoms with Gasteiger partial charge in [-0.2, -0.15) is 0 Å². The van der Waals surface area contributed by atoms with E-state index in [0.29, 0.717) is 35.9 Å². The van der Waals surface area contributed by atoms with Crippen molar-refractivity contribution in [3.05, 3.63) is 0 Å². The molecule has 0 aliphatic heterocycles. The maximum Gasteiger partial charge on any atom is 1.00 e. The van der Waals surface area contributed by atoms with Gasteiger partial charge in [-0.1, -0.05) is 10.3 Å². The van der Waals surface area contributed by atoms with Gasteiger partial charge in [0.25, 0.3) is 0 Å². The number of aliphatic hydroxyl groups is 2. The number of aliphatic hydroxyl groups excluding tert-OH is 2. The van der Waals surface area contributed by atoms with Crippen LogP contribution in [0.5, 0.6) is 0 Å². The Morgan fingerprint density at radius 1 is 0.625 bits per heavy atom. The van der Waals surface area contributed by atoms with Crippen LogP contribution in [-0.2, 0) is 45.1 Å². The molecule has 0 radical (unpaired) electrons. The van der Waals surface area contributed by atoms with E-state index < -0.39 is 0 Å². The third-order valence-electron chi connectivity index (χ3n) is 2.25. The number of hydrogen-bond donors (Lipinski definition) is 4. The molecule has 0 amide bonds. The molecule has 0 saturated heterocycles. The number of rotatable bonds is 6. The van der Waals surface area contributed by atoms with Gasteiger partial charge in [0.2, 0.25) is 0 Å². The van der Waals surface area contributed by atoms with Crippen molar-refractivity contribution in [2.75, 3.05) is 26.3 Å². The first-order chi connectivity index (χ1) is 9.44. The Labute approximate surface area is 163 Å². The van der Waals surface area contributed by atoms with Crippen molar-refractivity contribution in [3.63, 3.8) is 0 Å². The molecule has 0 bridgehead atoms. The van der Waals surface area contributed by atoms with Crippen LogP contribution in [0, 0.1) is 0 Å². The van der Waals surface area contributed by atoms with E-state index in [2.05, 4.69) is 20.3 Å². The van der Waals surface area contributed by atoms with Crippen molar-refractivity contribution in [1.29, 1.82) is 0 Å². The van der Waals surface area contributed by atoms with Crippen molar-refractivity contribution < 1.29 is 65.7 Å². The van der Waals surface area contributed by atoms with Gasteiger partial charge in [-0.05, 0) is 27.7 Å². The summed E-state index contributed by atoms with van der Waals surface area (Å²) in [5.74, 6) is 0. The van der Waals surface area contributed by atoms with Gasteiger partial charge in [-0.25, -0.2) is 0 Å². The molecule has 0 fully saturated rings. The van der Waals surface area contributed by atoms with Crippen molar-refractivity contribution in [2.24, 2.45) is 20.3 Å². The summed E-state index contributed by atoms with van der Waals surface area (Å²) in [7, 11) is 0. The van der Waals surface area contributed by atoms with Crippen molar-refractivity contribution >= 4 is 22.8 Å². The molecule has 0 atom stereocenters. The Kier molecular flexibility index (Phi) is 43.5. The fourth-order valence-electron chi connectivity index (χ4n) is 0.809. The molecule has 0 aromatic carbocycles. The summed E-state index contributed by atoms with van der Waals surface area (Å²) >= 11 is 0. The Hall–Kier alpha value is -0.841. The van der Waals surface area contributed by atoms with Gasteiger partial charge in [0.05, 0.1) is 49.2 Å². The molecule has 0 spiro atoms. The summed E-state index contributed by atoms with van der Waals surface area (Å²) in [6, 6.07) is 0. The van der Waals surface area contributed by atoms with Crippen LogP contribution in [0.25, 0.3) is 0 Å². The Bertz CT molecular complexity index is 354. The Morgan fingerprint density at radius 3 is 1.04 bits per heavy atom. The SMILES string of the molecule is CC(=NO)C(C)=NCCO.CC(=NO)C(C)=NCCO.[Cu+].[Cu+].[OH3+].[OH3+]. The predicted octanol–water partition coefficient (Wildman–Crippen LogP) is -1.27. The van der Waals surface area contributed by atoms with E-state index in [1.807, 2.05) is 0 Å². The monoisotopic (exact) mass is 452 g/mol. The summed E-state index contributed by atoms with van der Waals surface area (Å²) in [6.45, 7) is 7.52. The van der Waals surface area contributed by atoms with Crippen LogP contribution in [0.4, 0.5) is 0 Å². The third-order valence-corrected chi connectivity index (χ3v) is 2.25. The molecule has 10 N–H and O–H groups in total. The van der Waals surface area contributed by atoms with E-state index in [-0.39, 0.29) is 58.3 Å². The fraction of sp³-hybridized carbons (Fsp3) is 0.667. The Morgan fingerprint density at radius 2 is 0.875 bits per heavy atom. The summed E-state index contributed by atoms with van der Waals surface area (Å²) in [4.78, 5) is 7.78. The molecule has 0 saturated carbocycles. The van der Waals surface area contributed by atoms with Crippen LogP contribution >= 0.6 is 0 Å². The second-order valence-corrected chi connectivity index (χ2v) is 3.75. The van der Waals surface area contributed by atoms with Gasteiger partial charge in [0.1, 0.15) is 0 Å². The minimum Gasteiger partial charge on any atom is -0.457 e. The molecule has 0 unspecified atom stereocenters. The predicted molar refractivity (Wildman–Crippen MR) is 89.7 cm³/mol. The van der Waals surface area contributed by atoms with E-state index in [1.165, 1.54) is 0 Å². The molecule has 0 aromatic rings. The zero-order valence-corrected chi connectivity index (χ0v) is 16.0. The average Bonchev–Trinajstić information content (AvgIpc) is 2.48.